The first kappa shape index (κ1) is 15.2. The van der Waals surface area contributed by atoms with Gasteiger partial charge < -0.3 is 15.4 Å². The van der Waals surface area contributed by atoms with Crippen LogP contribution < -0.4 is 5.73 Å². The van der Waals surface area contributed by atoms with Crippen molar-refractivity contribution in [1.29, 1.82) is 0 Å². The Hall–Kier alpha value is -2.22. The normalized spacial score (nSPS) is 22.1. The Morgan fingerprint density at radius 3 is 2.52 bits per heavy atom. The molecule has 2 unspecified atom stereocenters. The fourth-order valence-electron chi connectivity index (χ4n) is 2.42. The Bertz CT molecular complexity index is 583. The molecule has 0 radical (unpaired) electrons. The molecule has 21 heavy (non-hydrogen) atoms. The maximum Gasteiger partial charge on any atom is 0.285 e. The molecule has 0 aliphatic carbocycles. The van der Waals surface area contributed by atoms with Gasteiger partial charge in [0.05, 0.1) is 28.9 Å². The van der Waals surface area contributed by atoms with E-state index in [0.29, 0.717) is 19.2 Å². The molecule has 1 aliphatic rings. The summed E-state index contributed by atoms with van der Waals surface area (Å²) in [5.41, 5.74) is 4.33. The molecule has 0 spiro atoms. The number of benzene rings is 1. The van der Waals surface area contributed by atoms with Crippen LogP contribution in [-0.2, 0) is 4.74 Å². The smallest absolute Gasteiger partial charge is 0.285 e. The molecule has 2 atom stereocenters. The van der Waals surface area contributed by atoms with Crippen molar-refractivity contribution in [3.63, 3.8) is 0 Å². The Kier molecular flexibility index (Phi) is 4.08. The van der Waals surface area contributed by atoms with Crippen LogP contribution in [0.3, 0.4) is 0 Å². The van der Waals surface area contributed by atoms with Crippen molar-refractivity contribution in [2.45, 2.75) is 26.1 Å². The number of morpholine rings is 1. The van der Waals surface area contributed by atoms with Gasteiger partial charge in [0.1, 0.15) is 5.56 Å². The van der Waals surface area contributed by atoms with E-state index < -0.39 is 22.3 Å². The summed E-state index contributed by atoms with van der Waals surface area (Å²) in [4.78, 5) is 24.1. The van der Waals surface area contributed by atoms with Crippen LogP contribution in [0.25, 0.3) is 0 Å². The summed E-state index contributed by atoms with van der Waals surface area (Å²) >= 11 is 0. The fourth-order valence-corrected chi connectivity index (χ4v) is 2.42. The highest BCUT2D eigenvalue weighted by Gasteiger charge is 2.31. The number of hydrogen-bond donors (Lipinski definition) is 1. The average molecular weight is 297 g/mol. The molecule has 8 heteroatoms. The molecule has 1 fully saturated rings. The van der Waals surface area contributed by atoms with E-state index in [4.69, 9.17) is 10.5 Å². The second-order valence-electron chi connectivity index (χ2n) is 5.12. The Morgan fingerprint density at radius 2 is 2.00 bits per heavy atom. The van der Waals surface area contributed by atoms with Gasteiger partial charge >= 0.3 is 0 Å². The number of anilines is 1. The molecule has 1 aromatic rings. The molecule has 1 saturated heterocycles. The van der Waals surface area contributed by atoms with Gasteiger partial charge in [-0.25, -0.2) is 4.39 Å². The summed E-state index contributed by atoms with van der Waals surface area (Å²) in [6.07, 6.45) is -0.343. The highest BCUT2D eigenvalue weighted by molar-refractivity contribution is 5.99. The van der Waals surface area contributed by atoms with E-state index in [9.17, 15) is 19.3 Å². The second kappa shape index (κ2) is 5.65. The minimum Gasteiger partial charge on any atom is -0.396 e. The van der Waals surface area contributed by atoms with Crippen LogP contribution in [-0.4, -0.2) is 41.0 Å². The van der Waals surface area contributed by atoms with Crippen LogP contribution in [0.5, 0.6) is 0 Å². The lowest BCUT2D eigenvalue weighted by atomic mass is 10.1. The summed E-state index contributed by atoms with van der Waals surface area (Å²) in [5.74, 6) is -1.46. The molecule has 1 aromatic carbocycles. The zero-order valence-corrected chi connectivity index (χ0v) is 11.7. The third kappa shape index (κ3) is 3.10. The standard InChI is InChI=1S/C13H16FN3O4/c1-7-5-16(6-8(2)21-7)13(18)9-3-11(15)10(14)4-12(9)17(19)20/h3-4,7-8H,5-6,15H2,1-2H3. The number of nitrogen functional groups attached to an aromatic ring is 1. The minimum atomic E-state index is -0.915. The molecule has 0 saturated carbocycles. The number of nitrogens with zero attached hydrogens (tertiary/aromatic N) is 2. The zero-order valence-electron chi connectivity index (χ0n) is 11.7. The first-order chi connectivity index (χ1) is 9.79. The lowest BCUT2D eigenvalue weighted by Crippen LogP contribution is -2.48. The Balaban J connectivity index is 2.38. The Morgan fingerprint density at radius 1 is 1.43 bits per heavy atom. The number of carbonyl (C=O) groups excluding carboxylic acids is 1. The van der Waals surface area contributed by atoms with Crippen molar-refractivity contribution in [2.75, 3.05) is 18.8 Å². The summed E-state index contributed by atoms with van der Waals surface area (Å²) in [6, 6.07) is 1.69. The SMILES string of the molecule is CC1CN(C(=O)c2cc(N)c(F)cc2[N+](=O)[O-])CC(C)O1. The first-order valence-corrected chi connectivity index (χ1v) is 6.47. The van der Waals surface area contributed by atoms with E-state index >= 15 is 0 Å². The van der Waals surface area contributed by atoms with Crippen LogP contribution >= 0.6 is 0 Å². The van der Waals surface area contributed by atoms with Crippen LogP contribution in [0, 0.1) is 15.9 Å². The number of nitrogens with two attached hydrogens (primary N) is 1. The fraction of sp³-hybridized carbons (Fsp3) is 0.462. The molecule has 1 heterocycles. The van der Waals surface area contributed by atoms with Crippen LogP contribution in [0.15, 0.2) is 12.1 Å². The number of amides is 1. The molecule has 2 N–H and O–H groups in total. The number of hydrogen-bond acceptors (Lipinski definition) is 5. The van der Waals surface area contributed by atoms with Crippen molar-refractivity contribution in [2.24, 2.45) is 0 Å². The maximum absolute atomic E-state index is 13.4. The van der Waals surface area contributed by atoms with E-state index in [1.807, 2.05) is 13.8 Å². The van der Waals surface area contributed by atoms with Gasteiger partial charge in [0.25, 0.3) is 11.6 Å². The monoisotopic (exact) mass is 297 g/mol. The summed E-state index contributed by atoms with van der Waals surface area (Å²) < 4.78 is 18.9. The van der Waals surface area contributed by atoms with Crippen LogP contribution in [0.1, 0.15) is 24.2 Å². The van der Waals surface area contributed by atoms with E-state index in [1.54, 1.807) is 0 Å². The van der Waals surface area contributed by atoms with Gasteiger partial charge in [0.15, 0.2) is 5.82 Å². The molecule has 0 bridgehead atoms. The number of carbonyl (C=O) groups is 1. The quantitative estimate of drug-likeness (QED) is 0.507. The van der Waals surface area contributed by atoms with Crippen molar-refractivity contribution in [3.05, 3.63) is 33.6 Å². The molecular formula is C13H16FN3O4. The van der Waals surface area contributed by atoms with Crippen molar-refractivity contribution < 1.29 is 18.8 Å². The van der Waals surface area contributed by atoms with Crippen molar-refractivity contribution in [3.8, 4) is 0 Å². The third-order valence-corrected chi connectivity index (χ3v) is 3.25. The van der Waals surface area contributed by atoms with E-state index in [0.717, 1.165) is 6.07 Å². The summed E-state index contributed by atoms with van der Waals surface area (Å²) in [5, 5.41) is 11.0. The topological polar surface area (TPSA) is 98.7 Å². The minimum absolute atomic E-state index is 0.172. The van der Waals surface area contributed by atoms with E-state index in [-0.39, 0.29) is 23.5 Å². The molecule has 7 nitrogen and oxygen atoms in total. The van der Waals surface area contributed by atoms with Gasteiger partial charge in [-0.3, -0.25) is 14.9 Å². The lowest BCUT2D eigenvalue weighted by Gasteiger charge is -2.35. The maximum atomic E-state index is 13.4. The van der Waals surface area contributed by atoms with Crippen LogP contribution in [0.2, 0.25) is 0 Å². The summed E-state index contributed by atoms with van der Waals surface area (Å²) in [7, 11) is 0. The summed E-state index contributed by atoms with van der Waals surface area (Å²) in [6.45, 7) is 4.25. The molecule has 114 valence electrons. The number of rotatable bonds is 2. The van der Waals surface area contributed by atoms with Gasteiger partial charge in [0.2, 0.25) is 0 Å². The first-order valence-electron chi connectivity index (χ1n) is 6.47. The highest BCUT2D eigenvalue weighted by Crippen LogP contribution is 2.26. The molecule has 1 amide bonds. The van der Waals surface area contributed by atoms with Gasteiger partial charge in [0, 0.05) is 13.1 Å². The van der Waals surface area contributed by atoms with Crippen molar-refractivity contribution >= 4 is 17.3 Å². The van der Waals surface area contributed by atoms with Crippen LogP contribution in [0.4, 0.5) is 15.8 Å². The zero-order chi connectivity index (χ0) is 15.7. The molecule has 0 aromatic heterocycles. The number of nitro benzene ring substituents is 1. The molecular weight excluding hydrogens is 281 g/mol. The van der Waals surface area contributed by atoms with Gasteiger partial charge in [-0.05, 0) is 19.9 Å². The van der Waals surface area contributed by atoms with Gasteiger partial charge in [-0.15, -0.1) is 0 Å². The molecule has 2 rings (SSSR count). The Labute approximate surface area is 120 Å². The number of nitro groups is 1. The van der Waals surface area contributed by atoms with E-state index in [2.05, 4.69) is 0 Å². The largest absolute Gasteiger partial charge is 0.396 e. The number of halogens is 1. The predicted octanol–water partition coefficient (Wildman–Crippen LogP) is 1.57. The van der Waals surface area contributed by atoms with Crippen molar-refractivity contribution in [1.82, 2.24) is 4.90 Å². The molecule has 1 aliphatic heterocycles. The average Bonchev–Trinajstić information content (AvgIpc) is 2.39. The second-order valence-corrected chi connectivity index (χ2v) is 5.12. The third-order valence-electron chi connectivity index (χ3n) is 3.25. The van der Waals surface area contributed by atoms with Gasteiger partial charge in [-0.2, -0.15) is 0 Å². The highest BCUT2D eigenvalue weighted by atomic mass is 19.1. The lowest BCUT2D eigenvalue weighted by molar-refractivity contribution is -0.385. The van der Waals surface area contributed by atoms with Gasteiger partial charge in [-0.1, -0.05) is 0 Å². The van der Waals surface area contributed by atoms with E-state index in [1.165, 1.54) is 4.90 Å². The predicted molar refractivity (Wildman–Crippen MR) is 73.4 cm³/mol. The number of ether oxygens (including phenoxy) is 1.